The number of amides is 1. The summed E-state index contributed by atoms with van der Waals surface area (Å²) in [4.78, 5) is 25.0. The van der Waals surface area contributed by atoms with Crippen molar-refractivity contribution in [3.8, 4) is 0 Å². The highest BCUT2D eigenvalue weighted by atomic mass is 127. The molecule has 1 aliphatic heterocycles. The van der Waals surface area contributed by atoms with Crippen LogP contribution in [0.1, 0.15) is 24.1 Å². The number of likely N-dealkylation sites (N-methyl/N-ethyl adjacent to an activating group) is 1. The number of aliphatic imine (C=N–C) groups is 1. The second kappa shape index (κ2) is 14.1. The summed E-state index contributed by atoms with van der Waals surface area (Å²) in [5.74, 6) is 0.712. The van der Waals surface area contributed by atoms with Crippen LogP contribution in [0.15, 0.2) is 59.7 Å². The van der Waals surface area contributed by atoms with E-state index >= 15 is 0 Å². The lowest BCUT2D eigenvalue weighted by Gasteiger charge is -2.33. The van der Waals surface area contributed by atoms with Crippen molar-refractivity contribution in [3.63, 3.8) is 0 Å². The molecule has 1 saturated heterocycles. The molecule has 0 aliphatic carbocycles. The smallest absolute Gasteiger partial charge is 0.243 e. The van der Waals surface area contributed by atoms with Crippen LogP contribution in [-0.4, -0.2) is 73.0 Å². The van der Waals surface area contributed by atoms with Gasteiger partial charge in [-0.25, -0.2) is 4.99 Å². The SMILES string of the molecule is CN(C)C(=O)CN=C(NCCc1ccccc1)NC1CCN(Cc2ccccn2)CC1.I. The van der Waals surface area contributed by atoms with Gasteiger partial charge >= 0.3 is 0 Å². The Balaban J connectivity index is 0.00000363. The molecule has 7 nitrogen and oxygen atoms in total. The number of benzene rings is 1. The molecule has 1 aromatic carbocycles. The van der Waals surface area contributed by atoms with E-state index in [1.54, 1.807) is 19.0 Å². The number of aromatic nitrogens is 1. The largest absolute Gasteiger partial charge is 0.356 e. The molecule has 0 unspecified atom stereocenters. The number of carbonyl (C=O) groups excluding carboxylic acids is 1. The van der Waals surface area contributed by atoms with Gasteiger partial charge in [-0.3, -0.25) is 14.7 Å². The van der Waals surface area contributed by atoms with Crippen LogP contribution in [0.3, 0.4) is 0 Å². The number of carbonyl (C=O) groups is 1. The molecule has 32 heavy (non-hydrogen) atoms. The van der Waals surface area contributed by atoms with E-state index in [2.05, 4.69) is 55.8 Å². The van der Waals surface area contributed by atoms with Gasteiger partial charge < -0.3 is 15.5 Å². The van der Waals surface area contributed by atoms with Crippen molar-refractivity contribution in [1.29, 1.82) is 0 Å². The summed E-state index contributed by atoms with van der Waals surface area (Å²) < 4.78 is 0. The molecule has 2 aromatic rings. The molecule has 8 heteroatoms. The van der Waals surface area contributed by atoms with Crippen LogP contribution in [0, 0.1) is 0 Å². The standard InChI is InChI=1S/C24H34N6O.HI/c1-29(2)23(31)18-27-24(26-15-11-20-8-4-3-5-9-20)28-21-12-16-30(17-13-21)19-22-10-6-7-14-25-22;/h3-10,14,21H,11-13,15-19H2,1-2H3,(H2,26,27,28);1H. The molecule has 3 rings (SSSR count). The zero-order chi connectivity index (χ0) is 21.9. The highest BCUT2D eigenvalue weighted by Gasteiger charge is 2.20. The number of nitrogens with one attached hydrogen (secondary N) is 2. The van der Waals surface area contributed by atoms with E-state index in [9.17, 15) is 4.79 Å². The number of rotatable bonds is 8. The first kappa shape index (κ1) is 26.1. The Bertz CT molecular complexity index is 823. The van der Waals surface area contributed by atoms with Gasteiger partial charge in [-0.1, -0.05) is 36.4 Å². The molecule has 174 valence electrons. The van der Waals surface area contributed by atoms with E-state index in [0.29, 0.717) is 12.0 Å². The van der Waals surface area contributed by atoms with Gasteiger partial charge in [0.2, 0.25) is 5.91 Å². The Morgan fingerprint density at radius 1 is 1.12 bits per heavy atom. The van der Waals surface area contributed by atoms with E-state index in [4.69, 9.17) is 0 Å². The molecule has 1 fully saturated rings. The van der Waals surface area contributed by atoms with Gasteiger partial charge in [-0.15, -0.1) is 24.0 Å². The van der Waals surface area contributed by atoms with Gasteiger partial charge in [0.15, 0.2) is 5.96 Å². The fourth-order valence-electron chi connectivity index (χ4n) is 3.56. The van der Waals surface area contributed by atoms with Crippen molar-refractivity contribution in [3.05, 3.63) is 66.0 Å². The van der Waals surface area contributed by atoms with Gasteiger partial charge in [0.05, 0.1) is 5.69 Å². The van der Waals surface area contributed by atoms with Crippen LogP contribution in [0.5, 0.6) is 0 Å². The number of guanidine groups is 1. The second-order valence-corrected chi connectivity index (χ2v) is 8.13. The molecule has 0 bridgehead atoms. The Labute approximate surface area is 208 Å². The summed E-state index contributed by atoms with van der Waals surface area (Å²) in [6.45, 7) is 3.84. The zero-order valence-corrected chi connectivity index (χ0v) is 21.4. The fourth-order valence-corrected chi connectivity index (χ4v) is 3.56. The van der Waals surface area contributed by atoms with Gasteiger partial charge in [-0.05, 0) is 37.0 Å². The van der Waals surface area contributed by atoms with Crippen molar-refractivity contribution in [2.24, 2.45) is 4.99 Å². The van der Waals surface area contributed by atoms with Crippen LogP contribution >= 0.6 is 24.0 Å². The molecule has 1 amide bonds. The maximum atomic E-state index is 12.0. The van der Waals surface area contributed by atoms with Gasteiger partial charge in [0.25, 0.3) is 0 Å². The zero-order valence-electron chi connectivity index (χ0n) is 19.0. The Morgan fingerprint density at radius 2 is 1.84 bits per heavy atom. The molecule has 0 atom stereocenters. The average molecular weight is 550 g/mol. The predicted molar refractivity (Wildman–Crippen MR) is 140 cm³/mol. The molecule has 0 radical (unpaired) electrons. The predicted octanol–water partition coefficient (Wildman–Crippen LogP) is 2.53. The van der Waals surface area contributed by atoms with Crippen LogP contribution < -0.4 is 10.6 Å². The van der Waals surface area contributed by atoms with Crippen molar-refractivity contribution < 1.29 is 4.79 Å². The Hall–Kier alpha value is -2.20. The molecule has 0 saturated carbocycles. The highest BCUT2D eigenvalue weighted by molar-refractivity contribution is 14.0. The first-order valence-corrected chi connectivity index (χ1v) is 11.0. The lowest BCUT2D eigenvalue weighted by molar-refractivity contribution is -0.127. The lowest BCUT2D eigenvalue weighted by atomic mass is 10.0. The molecule has 1 aliphatic rings. The van der Waals surface area contributed by atoms with E-state index in [0.717, 1.165) is 51.1 Å². The van der Waals surface area contributed by atoms with E-state index in [-0.39, 0.29) is 36.4 Å². The molecule has 0 spiro atoms. The minimum atomic E-state index is -0.00524. The van der Waals surface area contributed by atoms with Crippen molar-refractivity contribution in [2.45, 2.75) is 31.8 Å². The van der Waals surface area contributed by atoms with Crippen LogP contribution in [0.2, 0.25) is 0 Å². The third kappa shape index (κ3) is 9.12. The number of halogens is 1. The van der Waals surface area contributed by atoms with Gasteiger partial charge in [0, 0.05) is 52.5 Å². The maximum Gasteiger partial charge on any atom is 0.243 e. The Kier molecular flexibility index (Phi) is 11.4. The van der Waals surface area contributed by atoms with Crippen LogP contribution in [-0.2, 0) is 17.8 Å². The third-order valence-corrected chi connectivity index (χ3v) is 5.46. The van der Waals surface area contributed by atoms with Crippen molar-refractivity contribution in [2.75, 3.05) is 40.3 Å². The summed E-state index contributed by atoms with van der Waals surface area (Å²) in [6.07, 6.45) is 4.83. The van der Waals surface area contributed by atoms with E-state index < -0.39 is 0 Å². The third-order valence-electron chi connectivity index (χ3n) is 5.46. The number of nitrogens with zero attached hydrogens (tertiary/aromatic N) is 4. The summed E-state index contributed by atoms with van der Waals surface area (Å²) >= 11 is 0. The number of piperidine rings is 1. The van der Waals surface area contributed by atoms with Crippen LogP contribution in [0.4, 0.5) is 0 Å². The molecule has 1 aromatic heterocycles. The molecule has 2 heterocycles. The minimum Gasteiger partial charge on any atom is -0.356 e. The first-order valence-electron chi connectivity index (χ1n) is 11.0. The fraction of sp³-hybridized carbons (Fsp3) is 0.458. The lowest BCUT2D eigenvalue weighted by Crippen LogP contribution is -2.49. The number of likely N-dealkylation sites (tertiary alicyclic amines) is 1. The minimum absolute atomic E-state index is 0. The van der Waals surface area contributed by atoms with Crippen LogP contribution in [0.25, 0.3) is 0 Å². The number of hydrogen-bond acceptors (Lipinski definition) is 4. The molecular weight excluding hydrogens is 515 g/mol. The monoisotopic (exact) mass is 550 g/mol. The number of hydrogen-bond donors (Lipinski definition) is 2. The average Bonchev–Trinajstić information content (AvgIpc) is 2.79. The number of pyridine rings is 1. The Morgan fingerprint density at radius 3 is 2.50 bits per heavy atom. The molecular formula is C24H35IN6O. The second-order valence-electron chi connectivity index (χ2n) is 8.13. The molecule has 2 N–H and O–H groups in total. The topological polar surface area (TPSA) is 72.9 Å². The van der Waals surface area contributed by atoms with Crippen molar-refractivity contribution in [1.82, 2.24) is 25.4 Å². The van der Waals surface area contributed by atoms with E-state index in [1.807, 2.05) is 24.4 Å². The quantitative estimate of drug-likeness (QED) is 0.301. The summed E-state index contributed by atoms with van der Waals surface area (Å²) in [5, 5.41) is 6.95. The summed E-state index contributed by atoms with van der Waals surface area (Å²) in [5.41, 5.74) is 2.39. The normalized spacial score (nSPS) is 15.0. The maximum absolute atomic E-state index is 12.0. The summed E-state index contributed by atoms with van der Waals surface area (Å²) in [7, 11) is 3.51. The van der Waals surface area contributed by atoms with Gasteiger partial charge in [-0.2, -0.15) is 0 Å². The van der Waals surface area contributed by atoms with Gasteiger partial charge in [0.1, 0.15) is 6.54 Å². The van der Waals surface area contributed by atoms with E-state index in [1.165, 1.54) is 5.56 Å². The summed E-state index contributed by atoms with van der Waals surface area (Å²) in [6, 6.07) is 16.8. The first-order chi connectivity index (χ1) is 15.1. The van der Waals surface area contributed by atoms with Crippen molar-refractivity contribution >= 4 is 35.8 Å². The highest BCUT2D eigenvalue weighted by Crippen LogP contribution is 2.13.